The summed E-state index contributed by atoms with van der Waals surface area (Å²) in [4.78, 5) is 31.2. The SMILES string of the molecule is O=C(O)Cc1ccc(NC(=O)CSc2ccncc2)cn1. The molecule has 0 unspecified atom stereocenters. The minimum atomic E-state index is -0.937. The van der Waals surface area contributed by atoms with Gasteiger partial charge in [0.05, 0.1) is 29.8 Å². The predicted molar refractivity (Wildman–Crippen MR) is 79.2 cm³/mol. The van der Waals surface area contributed by atoms with Crippen LogP contribution in [0.5, 0.6) is 0 Å². The third-order valence-corrected chi connectivity index (χ3v) is 3.47. The minimum Gasteiger partial charge on any atom is -0.481 e. The fraction of sp³-hybridized carbons (Fsp3) is 0.143. The second kappa shape index (κ2) is 7.39. The molecule has 0 radical (unpaired) electrons. The second-order valence-corrected chi connectivity index (χ2v) is 5.18. The maximum Gasteiger partial charge on any atom is 0.309 e. The molecule has 0 fully saturated rings. The highest BCUT2D eigenvalue weighted by Gasteiger charge is 2.05. The average Bonchev–Trinajstić information content (AvgIpc) is 2.48. The molecule has 0 aromatic carbocycles. The smallest absolute Gasteiger partial charge is 0.309 e. The number of nitrogens with one attached hydrogen (secondary N) is 1. The van der Waals surface area contributed by atoms with Gasteiger partial charge in [0.15, 0.2) is 0 Å². The lowest BCUT2D eigenvalue weighted by Gasteiger charge is -2.05. The van der Waals surface area contributed by atoms with E-state index in [4.69, 9.17) is 5.11 Å². The van der Waals surface area contributed by atoms with Crippen molar-refractivity contribution in [3.8, 4) is 0 Å². The van der Waals surface area contributed by atoms with Gasteiger partial charge in [-0.15, -0.1) is 11.8 Å². The van der Waals surface area contributed by atoms with Crippen molar-refractivity contribution in [2.24, 2.45) is 0 Å². The number of rotatable bonds is 6. The zero-order valence-corrected chi connectivity index (χ0v) is 11.8. The highest BCUT2D eigenvalue weighted by atomic mass is 32.2. The van der Waals surface area contributed by atoms with Gasteiger partial charge in [-0.05, 0) is 24.3 Å². The van der Waals surface area contributed by atoms with Crippen LogP contribution in [0.15, 0.2) is 47.8 Å². The van der Waals surface area contributed by atoms with Gasteiger partial charge in [-0.2, -0.15) is 0 Å². The van der Waals surface area contributed by atoms with Crippen LogP contribution >= 0.6 is 11.8 Å². The topological polar surface area (TPSA) is 92.2 Å². The van der Waals surface area contributed by atoms with Crippen LogP contribution in [0.25, 0.3) is 0 Å². The molecule has 0 saturated carbocycles. The van der Waals surface area contributed by atoms with E-state index < -0.39 is 5.97 Å². The Hall–Kier alpha value is -2.41. The van der Waals surface area contributed by atoms with Gasteiger partial charge in [-0.1, -0.05) is 0 Å². The number of carbonyl (C=O) groups is 2. The monoisotopic (exact) mass is 303 g/mol. The number of aromatic nitrogens is 2. The van der Waals surface area contributed by atoms with Gasteiger partial charge >= 0.3 is 5.97 Å². The first kappa shape index (κ1) is 15.0. The number of thioether (sulfide) groups is 1. The third kappa shape index (κ3) is 5.23. The number of carboxylic acid groups (broad SMARTS) is 1. The molecule has 0 bridgehead atoms. The minimum absolute atomic E-state index is 0.133. The van der Waals surface area contributed by atoms with E-state index >= 15 is 0 Å². The number of anilines is 1. The summed E-state index contributed by atoms with van der Waals surface area (Å²) in [5.41, 5.74) is 0.996. The van der Waals surface area contributed by atoms with Gasteiger partial charge in [-0.25, -0.2) is 0 Å². The lowest BCUT2D eigenvalue weighted by molar-refractivity contribution is -0.136. The fourth-order valence-electron chi connectivity index (χ4n) is 1.54. The summed E-state index contributed by atoms with van der Waals surface area (Å²) >= 11 is 1.41. The van der Waals surface area contributed by atoms with Crippen molar-refractivity contribution in [1.82, 2.24) is 9.97 Å². The standard InChI is InChI=1S/C14H13N3O3S/c18-13(9-21-12-3-5-15-6-4-12)17-11-2-1-10(16-8-11)7-14(19)20/h1-6,8H,7,9H2,(H,17,18)(H,19,20). The third-order valence-electron chi connectivity index (χ3n) is 2.46. The Kier molecular flexibility index (Phi) is 5.28. The quantitative estimate of drug-likeness (QED) is 0.791. The van der Waals surface area contributed by atoms with Crippen LogP contribution < -0.4 is 5.32 Å². The summed E-state index contributed by atoms with van der Waals surface area (Å²) in [7, 11) is 0. The molecule has 0 aliphatic rings. The average molecular weight is 303 g/mol. The second-order valence-electron chi connectivity index (χ2n) is 4.13. The Balaban J connectivity index is 1.83. The Morgan fingerprint density at radius 2 is 1.95 bits per heavy atom. The normalized spacial score (nSPS) is 10.1. The van der Waals surface area contributed by atoms with Crippen LogP contribution in [0.3, 0.4) is 0 Å². The molecule has 2 heterocycles. The zero-order chi connectivity index (χ0) is 15.1. The zero-order valence-electron chi connectivity index (χ0n) is 11.0. The van der Waals surface area contributed by atoms with Crippen molar-refractivity contribution >= 4 is 29.3 Å². The molecule has 7 heteroatoms. The molecule has 2 aromatic rings. The molecule has 0 aliphatic heterocycles. The van der Waals surface area contributed by atoms with E-state index in [-0.39, 0.29) is 18.1 Å². The Morgan fingerprint density at radius 1 is 1.19 bits per heavy atom. The first-order chi connectivity index (χ1) is 10.1. The van der Waals surface area contributed by atoms with E-state index in [0.29, 0.717) is 11.4 Å². The van der Waals surface area contributed by atoms with Gasteiger partial charge in [0.25, 0.3) is 0 Å². The fourth-order valence-corrected chi connectivity index (χ4v) is 2.22. The van der Waals surface area contributed by atoms with Gasteiger partial charge < -0.3 is 10.4 Å². The van der Waals surface area contributed by atoms with Crippen LogP contribution in [-0.4, -0.2) is 32.7 Å². The molecular formula is C14H13N3O3S. The number of aliphatic carboxylic acids is 1. The largest absolute Gasteiger partial charge is 0.481 e. The molecule has 2 rings (SSSR count). The van der Waals surface area contributed by atoms with E-state index in [1.165, 1.54) is 18.0 Å². The lowest BCUT2D eigenvalue weighted by Crippen LogP contribution is -2.14. The predicted octanol–water partition coefficient (Wildman–Crippen LogP) is 1.83. The maximum absolute atomic E-state index is 11.8. The maximum atomic E-state index is 11.8. The molecule has 0 atom stereocenters. The first-order valence-corrected chi connectivity index (χ1v) is 7.11. The van der Waals surface area contributed by atoms with Crippen LogP contribution in [0.2, 0.25) is 0 Å². The number of carbonyl (C=O) groups excluding carboxylic acids is 1. The van der Waals surface area contributed by atoms with Crippen LogP contribution in [0, 0.1) is 0 Å². The number of amides is 1. The molecule has 108 valence electrons. The van der Waals surface area contributed by atoms with E-state index in [2.05, 4.69) is 15.3 Å². The van der Waals surface area contributed by atoms with E-state index in [1.54, 1.807) is 24.5 Å². The summed E-state index contributed by atoms with van der Waals surface area (Å²) in [5.74, 6) is -0.807. The van der Waals surface area contributed by atoms with Gasteiger partial charge in [-0.3, -0.25) is 19.6 Å². The van der Waals surface area contributed by atoms with Crippen molar-refractivity contribution in [2.75, 3.05) is 11.1 Å². The number of carboxylic acids is 1. The lowest BCUT2D eigenvalue weighted by atomic mass is 10.2. The summed E-state index contributed by atoms with van der Waals surface area (Å²) in [5, 5.41) is 11.4. The van der Waals surface area contributed by atoms with E-state index in [9.17, 15) is 9.59 Å². The van der Waals surface area contributed by atoms with E-state index in [0.717, 1.165) is 4.90 Å². The molecule has 0 aliphatic carbocycles. The highest BCUT2D eigenvalue weighted by Crippen LogP contribution is 2.16. The molecule has 6 nitrogen and oxygen atoms in total. The number of pyridine rings is 2. The van der Waals surface area contributed by atoms with Crippen molar-refractivity contribution in [2.45, 2.75) is 11.3 Å². The van der Waals surface area contributed by atoms with Crippen LogP contribution in [-0.2, 0) is 16.0 Å². The van der Waals surface area contributed by atoms with Crippen LogP contribution in [0.1, 0.15) is 5.69 Å². The molecule has 0 saturated heterocycles. The highest BCUT2D eigenvalue weighted by molar-refractivity contribution is 8.00. The first-order valence-electron chi connectivity index (χ1n) is 6.13. The van der Waals surface area contributed by atoms with Gasteiger partial charge in [0, 0.05) is 17.3 Å². The number of nitrogens with zero attached hydrogens (tertiary/aromatic N) is 2. The van der Waals surface area contributed by atoms with Crippen molar-refractivity contribution < 1.29 is 14.7 Å². The number of hydrogen-bond donors (Lipinski definition) is 2. The van der Waals surface area contributed by atoms with Crippen LogP contribution in [0.4, 0.5) is 5.69 Å². The summed E-state index contributed by atoms with van der Waals surface area (Å²) in [6, 6.07) is 6.89. The molecule has 21 heavy (non-hydrogen) atoms. The molecule has 1 amide bonds. The van der Waals surface area contributed by atoms with Crippen molar-refractivity contribution in [3.05, 3.63) is 48.5 Å². The van der Waals surface area contributed by atoms with Gasteiger partial charge in [0.1, 0.15) is 0 Å². The van der Waals surface area contributed by atoms with E-state index in [1.807, 2.05) is 12.1 Å². The van der Waals surface area contributed by atoms with Crippen molar-refractivity contribution in [3.63, 3.8) is 0 Å². The molecule has 2 aromatic heterocycles. The molecular weight excluding hydrogens is 290 g/mol. The summed E-state index contributed by atoms with van der Waals surface area (Å²) in [6.07, 6.45) is 4.66. The van der Waals surface area contributed by atoms with Crippen molar-refractivity contribution in [1.29, 1.82) is 0 Å². The number of hydrogen-bond acceptors (Lipinski definition) is 5. The molecule has 0 spiro atoms. The van der Waals surface area contributed by atoms with Gasteiger partial charge in [0.2, 0.25) is 5.91 Å². The Labute approximate surface area is 125 Å². The summed E-state index contributed by atoms with van der Waals surface area (Å²) in [6.45, 7) is 0. The Morgan fingerprint density at radius 3 is 2.57 bits per heavy atom. The molecule has 2 N–H and O–H groups in total. The summed E-state index contributed by atoms with van der Waals surface area (Å²) < 4.78 is 0. The Bertz CT molecular complexity index is 617.